The molecule has 112 valence electrons. The fraction of sp³-hybridized carbons (Fsp3) is 0.583. The lowest BCUT2D eigenvalue weighted by Gasteiger charge is -2.32. The summed E-state index contributed by atoms with van der Waals surface area (Å²) >= 11 is 0. The highest BCUT2D eigenvalue weighted by Crippen LogP contribution is 2.26. The van der Waals surface area contributed by atoms with Gasteiger partial charge in [0, 0.05) is 20.2 Å². The van der Waals surface area contributed by atoms with Crippen LogP contribution in [0.1, 0.15) is 12.8 Å². The smallest absolute Gasteiger partial charge is 0.259 e. The molecule has 1 aliphatic rings. The van der Waals surface area contributed by atoms with Crippen LogP contribution in [0.3, 0.4) is 0 Å². The molecule has 2 N–H and O–H groups in total. The quantitative estimate of drug-likeness (QED) is 0.862. The third kappa shape index (κ3) is 3.20. The predicted octanol–water partition coefficient (Wildman–Crippen LogP) is 0.353. The molecule has 1 aromatic heterocycles. The molecular formula is C12H19N3O4S. The Morgan fingerprint density at radius 3 is 2.45 bits per heavy atom. The van der Waals surface area contributed by atoms with Crippen LogP contribution in [0.4, 0.5) is 5.82 Å². The fourth-order valence-electron chi connectivity index (χ4n) is 2.27. The first kappa shape index (κ1) is 15.0. The molecule has 1 fully saturated rings. The van der Waals surface area contributed by atoms with E-state index in [0.29, 0.717) is 5.82 Å². The lowest BCUT2D eigenvalue weighted by atomic mass is 10.1. The lowest BCUT2D eigenvalue weighted by Crippen LogP contribution is -2.37. The zero-order chi connectivity index (χ0) is 14.8. The van der Waals surface area contributed by atoms with Crippen LogP contribution in [0.25, 0.3) is 0 Å². The van der Waals surface area contributed by atoms with Gasteiger partial charge in [0.1, 0.15) is 5.82 Å². The summed E-state index contributed by atoms with van der Waals surface area (Å²) in [6, 6.07) is 3.31. The van der Waals surface area contributed by atoms with E-state index in [-0.39, 0.29) is 16.9 Å². The fourth-order valence-corrected chi connectivity index (χ4v) is 2.93. The Labute approximate surface area is 118 Å². The maximum Gasteiger partial charge on any atom is 0.259 e. The number of nitrogens with two attached hydrogens (primary N) is 1. The monoisotopic (exact) mass is 301 g/mol. The molecule has 0 radical (unpaired) electrons. The van der Waals surface area contributed by atoms with Crippen LogP contribution in [-0.4, -0.2) is 46.8 Å². The van der Waals surface area contributed by atoms with Crippen molar-refractivity contribution in [3.05, 3.63) is 12.1 Å². The number of hydrogen-bond acceptors (Lipinski definition) is 6. The normalized spacial score (nSPS) is 17.2. The summed E-state index contributed by atoms with van der Waals surface area (Å²) in [6.45, 7) is 1.53. The standard InChI is InChI=1S/C12H19N3O4S/c1-18-9-5-7-15(8-6-9)11-4-3-10(19-2)12(14-11)20(13,16)17/h3-4,9H,5-8H2,1-2H3,(H2,13,16,17). The van der Waals surface area contributed by atoms with Gasteiger partial charge >= 0.3 is 0 Å². The Morgan fingerprint density at radius 1 is 1.30 bits per heavy atom. The lowest BCUT2D eigenvalue weighted by molar-refractivity contribution is 0.0818. The van der Waals surface area contributed by atoms with Crippen molar-refractivity contribution < 1.29 is 17.9 Å². The summed E-state index contributed by atoms with van der Waals surface area (Å²) in [5, 5.41) is 4.94. The molecule has 1 aromatic rings. The van der Waals surface area contributed by atoms with E-state index in [9.17, 15) is 8.42 Å². The topological polar surface area (TPSA) is 94.8 Å². The van der Waals surface area contributed by atoms with Crippen molar-refractivity contribution in [2.45, 2.75) is 24.0 Å². The number of methoxy groups -OCH3 is 2. The molecule has 0 spiro atoms. The van der Waals surface area contributed by atoms with E-state index in [1.165, 1.54) is 7.11 Å². The summed E-state index contributed by atoms with van der Waals surface area (Å²) in [5.74, 6) is 0.743. The van der Waals surface area contributed by atoms with Gasteiger partial charge in [-0.25, -0.2) is 18.5 Å². The van der Waals surface area contributed by atoms with Gasteiger partial charge in [0.25, 0.3) is 10.0 Å². The van der Waals surface area contributed by atoms with Gasteiger partial charge in [-0.05, 0) is 25.0 Å². The molecule has 2 rings (SSSR count). The molecular weight excluding hydrogens is 282 g/mol. The number of ether oxygens (including phenoxy) is 2. The number of primary sulfonamides is 1. The third-order valence-corrected chi connectivity index (χ3v) is 4.23. The number of rotatable bonds is 4. The van der Waals surface area contributed by atoms with Gasteiger partial charge < -0.3 is 14.4 Å². The predicted molar refractivity (Wildman–Crippen MR) is 74.4 cm³/mol. The van der Waals surface area contributed by atoms with E-state index >= 15 is 0 Å². The first-order valence-electron chi connectivity index (χ1n) is 6.31. The van der Waals surface area contributed by atoms with Crippen LogP contribution >= 0.6 is 0 Å². The molecule has 7 nitrogen and oxygen atoms in total. The second kappa shape index (κ2) is 5.94. The third-order valence-electron chi connectivity index (χ3n) is 3.40. The van der Waals surface area contributed by atoms with Gasteiger partial charge in [-0.15, -0.1) is 0 Å². The highest BCUT2D eigenvalue weighted by atomic mass is 32.2. The van der Waals surface area contributed by atoms with E-state index in [1.54, 1.807) is 19.2 Å². The highest BCUT2D eigenvalue weighted by molar-refractivity contribution is 7.89. The van der Waals surface area contributed by atoms with Gasteiger partial charge in [-0.2, -0.15) is 0 Å². The minimum Gasteiger partial charge on any atom is -0.494 e. The summed E-state index contributed by atoms with van der Waals surface area (Å²) < 4.78 is 33.4. The Hall–Kier alpha value is -1.38. The SMILES string of the molecule is COc1ccc(N2CCC(OC)CC2)nc1S(N)(=O)=O. The van der Waals surface area contributed by atoms with Crippen molar-refractivity contribution in [1.82, 2.24) is 4.98 Å². The van der Waals surface area contributed by atoms with Crippen LogP contribution in [-0.2, 0) is 14.8 Å². The number of piperidine rings is 1. The largest absolute Gasteiger partial charge is 0.494 e. The second-order valence-electron chi connectivity index (χ2n) is 4.64. The molecule has 8 heteroatoms. The molecule has 0 unspecified atom stereocenters. The molecule has 2 heterocycles. The summed E-state index contributed by atoms with van der Waals surface area (Å²) in [4.78, 5) is 6.15. The minimum atomic E-state index is -3.91. The Morgan fingerprint density at radius 2 is 1.95 bits per heavy atom. The number of sulfonamides is 1. The molecule has 0 atom stereocenters. The average Bonchev–Trinajstić information content (AvgIpc) is 2.46. The molecule has 0 saturated carbocycles. The zero-order valence-corrected chi connectivity index (χ0v) is 12.4. The van der Waals surface area contributed by atoms with Crippen molar-refractivity contribution in [2.75, 3.05) is 32.2 Å². The maximum atomic E-state index is 11.5. The van der Waals surface area contributed by atoms with E-state index in [2.05, 4.69) is 4.98 Å². The van der Waals surface area contributed by atoms with Gasteiger partial charge in [0.15, 0.2) is 5.75 Å². The van der Waals surface area contributed by atoms with E-state index < -0.39 is 10.0 Å². The van der Waals surface area contributed by atoms with Crippen LogP contribution in [0, 0.1) is 0 Å². The first-order chi connectivity index (χ1) is 9.45. The van der Waals surface area contributed by atoms with Crippen molar-refractivity contribution in [3.63, 3.8) is 0 Å². The van der Waals surface area contributed by atoms with Gasteiger partial charge in [-0.3, -0.25) is 0 Å². The van der Waals surface area contributed by atoms with Crippen LogP contribution in [0.2, 0.25) is 0 Å². The van der Waals surface area contributed by atoms with Crippen molar-refractivity contribution in [1.29, 1.82) is 0 Å². The van der Waals surface area contributed by atoms with Gasteiger partial charge in [0.05, 0.1) is 13.2 Å². The molecule has 0 aliphatic carbocycles. The number of aromatic nitrogens is 1. The molecule has 1 saturated heterocycles. The molecule has 20 heavy (non-hydrogen) atoms. The number of pyridine rings is 1. The molecule has 0 bridgehead atoms. The highest BCUT2D eigenvalue weighted by Gasteiger charge is 2.23. The second-order valence-corrected chi connectivity index (χ2v) is 6.12. The molecule has 1 aliphatic heterocycles. The number of anilines is 1. The summed E-state index contributed by atoms with van der Waals surface area (Å²) in [7, 11) is -0.826. The Bertz CT molecular complexity index is 568. The average molecular weight is 301 g/mol. The van der Waals surface area contributed by atoms with Crippen molar-refractivity contribution >= 4 is 15.8 Å². The molecule has 0 amide bonds. The Kier molecular flexibility index (Phi) is 4.46. The maximum absolute atomic E-state index is 11.5. The molecule has 0 aromatic carbocycles. The Balaban J connectivity index is 2.26. The van der Waals surface area contributed by atoms with Gasteiger partial charge in [-0.1, -0.05) is 0 Å². The van der Waals surface area contributed by atoms with Crippen LogP contribution in [0.15, 0.2) is 17.2 Å². The zero-order valence-electron chi connectivity index (χ0n) is 11.6. The van der Waals surface area contributed by atoms with Crippen LogP contribution < -0.4 is 14.8 Å². The van der Waals surface area contributed by atoms with Crippen molar-refractivity contribution in [2.24, 2.45) is 5.14 Å². The minimum absolute atomic E-state index is 0.156. The number of nitrogens with zero attached hydrogens (tertiary/aromatic N) is 2. The van der Waals surface area contributed by atoms with E-state index in [4.69, 9.17) is 14.6 Å². The first-order valence-corrected chi connectivity index (χ1v) is 7.86. The van der Waals surface area contributed by atoms with E-state index in [0.717, 1.165) is 25.9 Å². The summed E-state index contributed by atoms with van der Waals surface area (Å²) in [6.07, 6.45) is 2.02. The summed E-state index contributed by atoms with van der Waals surface area (Å²) in [5.41, 5.74) is 0. The van der Waals surface area contributed by atoms with E-state index in [1.807, 2.05) is 4.90 Å². The van der Waals surface area contributed by atoms with Crippen LogP contribution in [0.5, 0.6) is 5.75 Å². The van der Waals surface area contributed by atoms with Crippen molar-refractivity contribution in [3.8, 4) is 5.75 Å². The van der Waals surface area contributed by atoms with Gasteiger partial charge in [0.2, 0.25) is 5.03 Å². The number of hydrogen-bond donors (Lipinski definition) is 1.